The molecule has 0 radical (unpaired) electrons. The van der Waals surface area contributed by atoms with Gasteiger partial charge in [0.25, 0.3) is 5.91 Å². The quantitative estimate of drug-likeness (QED) is 0.196. The SMILES string of the molecule is CCS(=O)(=O)Nc1cc2oc(-c3ccc(F)cc3)c(C(=O)N(C)C(=O)O)c2cc1-c1ccc2c(n1)-c1cc3c(F)cccc3n1CO2. The second-order valence-corrected chi connectivity index (χ2v) is 12.8. The lowest BCUT2D eigenvalue weighted by Gasteiger charge is -2.21. The first-order valence-electron chi connectivity index (χ1n) is 14.3. The maximum atomic E-state index is 14.7. The van der Waals surface area contributed by atoms with Gasteiger partial charge in [-0.25, -0.2) is 31.9 Å². The summed E-state index contributed by atoms with van der Waals surface area (Å²) in [7, 11) is -2.77. The number of furan rings is 1. The lowest BCUT2D eigenvalue weighted by molar-refractivity contribution is 0.0783. The smallest absolute Gasteiger partial charge is 0.414 e. The molecule has 0 unspecified atom stereocenters. The number of carbonyl (C=O) groups is 2. The minimum atomic E-state index is -3.85. The van der Waals surface area contributed by atoms with Gasteiger partial charge < -0.3 is 18.8 Å². The lowest BCUT2D eigenvalue weighted by atomic mass is 10.0. The number of fused-ring (bicyclic) bond motifs is 6. The van der Waals surface area contributed by atoms with Crippen LogP contribution in [0.5, 0.6) is 5.75 Å². The van der Waals surface area contributed by atoms with E-state index in [1.807, 2.05) is 0 Å². The van der Waals surface area contributed by atoms with Crippen molar-refractivity contribution in [1.82, 2.24) is 14.5 Å². The number of hydrogen-bond donors (Lipinski definition) is 2. The Kier molecular flexibility index (Phi) is 6.97. The molecule has 6 aromatic rings. The zero-order valence-electron chi connectivity index (χ0n) is 24.7. The molecule has 3 aromatic heterocycles. The minimum Gasteiger partial charge on any atom is -0.470 e. The highest BCUT2D eigenvalue weighted by atomic mass is 32.2. The fourth-order valence-corrected chi connectivity index (χ4v) is 6.21. The van der Waals surface area contributed by atoms with Gasteiger partial charge >= 0.3 is 6.09 Å². The van der Waals surface area contributed by atoms with E-state index < -0.39 is 33.7 Å². The predicted octanol–water partition coefficient (Wildman–Crippen LogP) is 6.92. The molecule has 0 saturated heterocycles. The van der Waals surface area contributed by atoms with E-state index in [9.17, 15) is 31.9 Å². The average molecular weight is 659 g/mol. The van der Waals surface area contributed by atoms with Gasteiger partial charge in [0.1, 0.15) is 34.4 Å². The Morgan fingerprint density at radius 3 is 2.53 bits per heavy atom. The monoisotopic (exact) mass is 658 g/mol. The second-order valence-electron chi connectivity index (χ2n) is 10.8. The molecule has 2 N–H and O–H groups in total. The molecule has 0 aliphatic carbocycles. The van der Waals surface area contributed by atoms with Gasteiger partial charge in [-0.05, 0) is 67.6 Å². The molecular weight excluding hydrogens is 634 g/mol. The van der Waals surface area contributed by atoms with Gasteiger partial charge in [-0.15, -0.1) is 0 Å². The second kappa shape index (κ2) is 10.9. The molecule has 0 saturated carbocycles. The Morgan fingerprint density at radius 2 is 1.81 bits per heavy atom. The number of rotatable bonds is 6. The number of carbonyl (C=O) groups excluding carboxylic acids is 1. The standard InChI is InChI=1S/C33H24F2N4O7S/c1-3-47(43,44)37-24-15-28-21(29(32(40)38(2)33(41)42)31(46-28)17-7-9-18(34)10-8-17)13-20(24)23-11-12-27-30(36-23)26-14-19-22(35)5-4-6-25(19)39(26)16-45-27/h4-15,37H,3,16H2,1-2H3,(H,41,42). The maximum absolute atomic E-state index is 14.7. The summed E-state index contributed by atoms with van der Waals surface area (Å²) < 4.78 is 70.5. The normalized spacial score (nSPS) is 12.4. The van der Waals surface area contributed by atoms with E-state index in [-0.39, 0.29) is 57.3 Å². The van der Waals surface area contributed by atoms with Gasteiger partial charge in [-0.2, -0.15) is 0 Å². The van der Waals surface area contributed by atoms with E-state index in [1.165, 1.54) is 37.3 Å². The first-order valence-corrected chi connectivity index (χ1v) is 15.9. The Labute approximate surface area is 265 Å². The Hall–Kier alpha value is -5.76. The van der Waals surface area contributed by atoms with Gasteiger partial charge in [0.05, 0.1) is 33.9 Å². The number of sulfonamides is 1. The number of nitrogens with one attached hydrogen (secondary N) is 1. The number of benzene rings is 3. The summed E-state index contributed by atoms with van der Waals surface area (Å²) >= 11 is 0. The van der Waals surface area contributed by atoms with Crippen LogP contribution in [-0.2, 0) is 16.8 Å². The summed E-state index contributed by atoms with van der Waals surface area (Å²) in [6.07, 6.45) is -1.52. The Balaban J connectivity index is 1.49. The van der Waals surface area contributed by atoms with Crippen LogP contribution >= 0.6 is 0 Å². The van der Waals surface area contributed by atoms with E-state index in [1.54, 1.807) is 34.9 Å². The fourth-order valence-electron chi connectivity index (χ4n) is 5.56. The van der Waals surface area contributed by atoms with E-state index in [0.717, 1.165) is 19.2 Å². The van der Waals surface area contributed by atoms with E-state index in [2.05, 4.69) is 4.72 Å². The van der Waals surface area contributed by atoms with Gasteiger partial charge in [0, 0.05) is 35.0 Å². The van der Waals surface area contributed by atoms with Crippen molar-refractivity contribution in [2.24, 2.45) is 0 Å². The first-order chi connectivity index (χ1) is 22.5. The highest BCUT2D eigenvalue weighted by Gasteiger charge is 2.30. The summed E-state index contributed by atoms with van der Waals surface area (Å²) in [5, 5.41) is 10.1. The molecule has 0 fully saturated rings. The number of carboxylic acid groups (broad SMARTS) is 1. The zero-order valence-corrected chi connectivity index (χ0v) is 25.6. The molecule has 0 atom stereocenters. The van der Waals surface area contributed by atoms with Crippen molar-refractivity contribution < 1.29 is 41.0 Å². The molecule has 1 aliphatic heterocycles. The number of pyridine rings is 1. The van der Waals surface area contributed by atoms with Crippen LogP contribution in [-0.4, -0.2) is 52.8 Å². The Morgan fingerprint density at radius 1 is 1.04 bits per heavy atom. The summed E-state index contributed by atoms with van der Waals surface area (Å²) in [4.78, 5) is 30.7. The molecule has 1 aliphatic rings. The molecule has 3 aromatic carbocycles. The largest absolute Gasteiger partial charge is 0.470 e. The summed E-state index contributed by atoms with van der Waals surface area (Å²) in [6, 6.07) is 17.6. The molecule has 4 heterocycles. The molecule has 2 amide bonds. The number of anilines is 1. The van der Waals surface area contributed by atoms with Gasteiger partial charge in [0.15, 0.2) is 6.73 Å². The molecular formula is C33H24F2N4O7S. The number of aromatic nitrogens is 2. The van der Waals surface area contributed by atoms with Crippen LogP contribution in [0.2, 0.25) is 0 Å². The van der Waals surface area contributed by atoms with Gasteiger partial charge in [0.2, 0.25) is 10.0 Å². The van der Waals surface area contributed by atoms with E-state index >= 15 is 0 Å². The average Bonchev–Trinajstić information content (AvgIpc) is 3.63. The zero-order chi connectivity index (χ0) is 33.2. The van der Waals surface area contributed by atoms with Gasteiger partial charge in [-0.1, -0.05) is 6.07 Å². The van der Waals surface area contributed by atoms with Gasteiger partial charge in [-0.3, -0.25) is 9.52 Å². The highest BCUT2D eigenvalue weighted by Crippen LogP contribution is 2.43. The van der Waals surface area contributed by atoms with Crippen LogP contribution in [0.25, 0.3) is 55.8 Å². The van der Waals surface area contributed by atoms with Crippen molar-refractivity contribution in [2.75, 3.05) is 17.5 Å². The third-order valence-electron chi connectivity index (χ3n) is 8.00. The van der Waals surface area contributed by atoms with Crippen LogP contribution in [0.1, 0.15) is 17.3 Å². The first kappa shape index (κ1) is 29.9. The van der Waals surface area contributed by atoms with Crippen molar-refractivity contribution in [3.63, 3.8) is 0 Å². The summed E-state index contributed by atoms with van der Waals surface area (Å²) in [5.74, 6) is -1.76. The van der Waals surface area contributed by atoms with Crippen molar-refractivity contribution in [3.05, 3.63) is 90.0 Å². The van der Waals surface area contributed by atoms with Crippen LogP contribution in [0.4, 0.5) is 19.3 Å². The third-order valence-corrected chi connectivity index (χ3v) is 9.29. The van der Waals surface area contributed by atoms with Crippen LogP contribution in [0.3, 0.4) is 0 Å². The molecule has 11 nitrogen and oxygen atoms in total. The van der Waals surface area contributed by atoms with Crippen molar-refractivity contribution in [2.45, 2.75) is 13.7 Å². The maximum Gasteiger partial charge on any atom is 0.414 e. The fraction of sp³-hybridized carbons (Fsp3) is 0.121. The molecule has 14 heteroatoms. The number of amides is 2. The van der Waals surface area contributed by atoms with Crippen LogP contribution in [0, 0.1) is 11.6 Å². The highest BCUT2D eigenvalue weighted by molar-refractivity contribution is 7.92. The molecule has 0 spiro atoms. The topological polar surface area (TPSA) is 144 Å². The lowest BCUT2D eigenvalue weighted by Crippen LogP contribution is -2.31. The number of ether oxygens (including phenoxy) is 1. The van der Waals surface area contributed by atoms with Crippen molar-refractivity contribution in [1.29, 1.82) is 0 Å². The molecule has 7 rings (SSSR count). The third kappa shape index (κ3) is 5.02. The van der Waals surface area contributed by atoms with E-state index in [0.29, 0.717) is 32.9 Å². The number of imide groups is 1. The molecule has 238 valence electrons. The van der Waals surface area contributed by atoms with E-state index in [4.69, 9.17) is 14.1 Å². The van der Waals surface area contributed by atoms with Crippen LogP contribution < -0.4 is 9.46 Å². The minimum absolute atomic E-state index is 0.0436. The van der Waals surface area contributed by atoms with Crippen molar-refractivity contribution in [3.8, 4) is 39.7 Å². The predicted molar refractivity (Wildman–Crippen MR) is 170 cm³/mol. The summed E-state index contributed by atoms with van der Waals surface area (Å²) in [5.41, 5.74) is 2.31. The summed E-state index contributed by atoms with van der Waals surface area (Å²) in [6.45, 7) is 1.58. The number of halogens is 2. The number of nitrogens with zero attached hydrogens (tertiary/aromatic N) is 3. The number of hydrogen-bond acceptors (Lipinski definition) is 7. The van der Waals surface area contributed by atoms with Crippen LogP contribution in [0.15, 0.2) is 77.2 Å². The molecule has 47 heavy (non-hydrogen) atoms. The van der Waals surface area contributed by atoms with Crippen molar-refractivity contribution >= 4 is 49.6 Å². The molecule has 0 bridgehead atoms. The Bertz CT molecular complexity index is 2380.